The van der Waals surface area contributed by atoms with Crippen LogP contribution in [0.4, 0.5) is 13.6 Å². The SMILES string of the molecule is CN1CCC2(CC1)CN(C(=O)O)C2.N#CC1(NC(=O)[C@@H]([NH-])CC(F)(F)Cc2ccccc2)CC1. The summed E-state index contributed by atoms with van der Waals surface area (Å²) in [5, 5.41) is 19.9. The minimum absolute atomic E-state index is 0.338. The number of alkyl halides is 2. The molecule has 0 aromatic heterocycles. The highest BCUT2D eigenvalue weighted by molar-refractivity contribution is 5.84. The van der Waals surface area contributed by atoms with Crippen molar-refractivity contribution >= 4 is 12.0 Å². The van der Waals surface area contributed by atoms with Crippen molar-refractivity contribution in [3.63, 3.8) is 0 Å². The number of hydrogen-bond acceptors (Lipinski definition) is 4. The van der Waals surface area contributed by atoms with Gasteiger partial charge in [0.25, 0.3) is 5.92 Å². The first-order valence-corrected chi connectivity index (χ1v) is 11.5. The zero-order valence-electron chi connectivity index (χ0n) is 19.4. The molecule has 186 valence electrons. The van der Waals surface area contributed by atoms with Gasteiger partial charge in [-0.25, -0.2) is 13.6 Å². The van der Waals surface area contributed by atoms with Crippen LogP contribution in [0.3, 0.4) is 0 Å². The summed E-state index contributed by atoms with van der Waals surface area (Å²) < 4.78 is 27.8. The Morgan fingerprint density at radius 1 is 1.21 bits per heavy atom. The van der Waals surface area contributed by atoms with E-state index in [0.717, 1.165) is 39.0 Å². The first-order chi connectivity index (χ1) is 16.0. The van der Waals surface area contributed by atoms with Gasteiger partial charge in [0, 0.05) is 31.3 Å². The maximum atomic E-state index is 13.9. The lowest BCUT2D eigenvalue weighted by atomic mass is 9.72. The molecule has 8 nitrogen and oxygen atoms in total. The molecule has 0 radical (unpaired) electrons. The Morgan fingerprint density at radius 2 is 1.79 bits per heavy atom. The average molecular weight is 477 g/mol. The summed E-state index contributed by atoms with van der Waals surface area (Å²) in [5.74, 6) is -3.93. The van der Waals surface area contributed by atoms with Crippen molar-refractivity contribution in [2.75, 3.05) is 33.2 Å². The molecular formula is C24H32F2N5O3-. The highest BCUT2D eigenvalue weighted by atomic mass is 19.3. The molecular weight excluding hydrogens is 444 g/mol. The number of piperidine rings is 1. The van der Waals surface area contributed by atoms with Crippen molar-refractivity contribution in [3.8, 4) is 6.07 Å². The number of carbonyl (C=O) groups is 2. The number of hydrogen-bond donors (Lipinski definition) is 2. The Bertz CT molecular complexity index is 901. The quantitative estimate of drug-likeness (QED) is 0.651. The standard InChI is InChI=1S/C15H16F2N3O.C9H16N2O2/c16-15(17,8-11-4-2-1-3-5-11)9-12(19)13(21)20-14(10-18)6-7-14;1-10-4-2-9(3-5-10)6-11(7-9)8(12)13/h1-5,12,19H,6-9H2,(H,20,21);2-7H2,1H3,(H,12,13)/q-1;/t12-;/m0./s1. The van der Waals surface area contributed by atoms with E-state index in [1.165, 1.54) is 4.90 Å². The number of carboxylic acid groups (broad SMARTS) is 1. The van der Waals surface area contributed by atoms with Crippen molar-refractivity contribution in [1.82, 2.24) is 15.1 Å². The number of likely N-dealkylation sites (tertiary alicyclic amines) is 2. The first-order valence-electron chi connectivity index (χ1n) is 11.5. The number of amides is 2. The summed E-state index contributed by atoms with van der Waals surface area (Å²) in [6.45, 7) is 3.76. The molecule has 1 aromatic carbocycles. The van der Waals surface area contributed by atoms with Crippen LogP contribution in [-0.2, 0) is 11.2 Å². The minimum atomic E-state index is -3.13. The molecule has 2 amide bonds. The summed E-state index contributed by atoms with van der Waals surface area (Å²) in [6, 6.07) is 8.60. The fraction of sp³-hybridized carbons (Fsp3) is 0.625. The van der Waals surface area contributed by atoms with Crippen molar-refractivity contribution in [2.45, 2.75) is 56.0 Å². The van der Waals surface area contributed by atoms with Gasteiger partial charge in [-0.2, -0.15) is 5.26 Å². The van der Waals surface area contributed by atoms with Crippen LogP contribution < -0.4 is 5.32 Å². The van der Waals surface area contributed by atoms with Gasteiger partial charge in [-0.05, 0) is 51.4 Å². The van der Waals surface area contributed by atoms with Gasteiger partial charge in [-0.3, -0.25) is 4.79 Å². The third-order valence-corrected chi connectivity index (χ3v) is 6.82. The third kappa shape index (κ3) is 6.87. The van der Waals surface area contributed by atoms with Gasteiger partial charge in [-0.15, -0.1) is 0 Å². The van der Waals surface area contributed by atoms with E-state index < -0.39 is 42.3 Å². The first kappa shape index (κ1) is 25.8. The van der Waals surface area contributed by atoms with Crippen molar-refractivity contribution in [2.24, 2.45) is 5.41 Å². The van der Waals surface area contributed by atoms with E-state index in [-0.39, 0.29) is 0 Å². The van der Waals surface area contributed by atoms with Crippen LogP contribution >= 0.6 is 0 Å². The molecule has 3 N–H and O–H groups in total. The highest BCUT2D eigenvalue weighted by Crippen LogP contribution is 2.40. The minimum Gasteiger partial charge on any atom is -0.667 e. The van der Waals surface area contributed by atoms with Gasteiger partial charge in [0.05, 0.1) is 6.07 Å². The van der Waals surface area contributed by atoms with Crippen LogP contribution in [0.1, 0.15) is 37.7 Å². The second-order valence-electron chi connectivity index (χ2n) is 9.90. The highest BCUT2D eigenvalue weighted by Gasteiger charge is 2.46. The molecule has 1 spiro atoms. The Morgan fingerprint density at radius 3 is 2.29 bits per heavy atom. The maximum Gasteiger partial charge on any atom is 0.407 e. The predicted octanol–water partition coefficient (Wildman–Crippen LogP) is 3.54. The second-order valence-corrected chi connectivity index (χ2v) is 9.90. The summed E-state index contributed by atoms with van der Waals surface area (Å²) >= 11 is 0. The van der Waals surface area contributed by atoms with Crippen LogP contribution in [0.25, 0.3) is 5.73 Å². The van der Waals surface area contributed by atoms with E-state index in [1.807, 2.05) is 6.07 Å². The molecule has 10 heteroatoms. The molecule has 3 aliphatic rings. The molecule has 1 aliphatic carbocycles. The van der Waals surface area contributed by atoms with Crippen LogP contribution in [0.5, 0.6) is 0 Å². The largest absolute Gasteiger partial charge is 0.667 e. The zero-order chi connectivity index (χ0) is 25.0. The summed E-state index contributed by atoms with van der Waals surface area (Å²) in [7, 11) is 2.13. The van der Waals surface area contributed by atoms with E-state index >= 15 is 0 Å². The molecule has 2 saturated heterocycles. The van der Waals surface area contributed by atoms with Gasteiger partial charge in [0.1, 0.15) is 5.54 Å². The Kier molecular flexibility index (Phi) is 7.78. The van der Waals surface area contributed by atoms with Gasteiger partial charge >= 0.3 is 6.09 Å². The van der Waals surface area contributed by atoms with E-state index in [2.05, 4.69) is 17.3 Å². The summed E-state index contributed by atoms with van der Waals surface area (Å²) in [6.07, 6.45) is 1.24. The van der Waals surface area contributed by atoms with Crippen LogP contribution in [0.15, 0.2) is 30.3 Å². The normalized spacial score (nSPS) is 21.3. The van der Waals surface area contributed by atoms with Gasteiger partial charge in [0.15, 0.2) is 0 Å². The van der Waals surface area contributed by atoms with Gasteiger partial charge in [-0.1, -0.05) is 36.4 Å². The molecule has 2 heterocycles. The third-order valence-electron chi connectivity index (χ3n) is 6.82. The number of benzene rings is 1. The number of halogens is 2. The Balaban J connectivity index is 0.000000212. The van der Waals surface area contributed by atoms with E-state index in [9.17, 15) is 18.4 Å². The van der Waals surface area contributed by atoms with Crippen LogP contribution in [0, 0.1) is 16.7 Å². The van der Waals surface area contributed by atoms with E-state index in [1.54, 1.807) is 30.3 Å². The lowest BCUT2D eigenvalue weighted by Gasteiger charge is -2.52. The number of nitrogens with one attached hydrogen (secondary N) is 2. The Labute approximate surface area is 198 Å². The maximum absolute atomic E-state index is 13.9. The van der Waals surface area contributed by atoms with Crippen molar-refractivity contribution in [1.29, 1.82) is 5.26 Å². The lowest BCUT2D eigenvalue weighted by Crippen LogP contribution is -2.61. The molecule has 4 rings (SSSR count). The van der Waals surface area contributed by atoms with Gasteiger partial charge in [0.2, 0.25) is 5.91 Å². The number of nitrogens with zero attached hydrogens (tertiary/aromatic N) is 3. The number of rotatable bonds is 6. The molecule has 1 atom stereocenters. The summed E-state index contributed by atoms with van der Waals surface area (Å²) in [5.41, 5.74) is 7.46. The van der Waals surface area contributed by atoms with Crippen LogP contribution in [0.2, 0.25) is 0 Å². The summed E-state index contributed by atoms with van der Waals surface area (Å²) in [4.78, 5) is 26.1. The average Bonchev–Trinajstić information content (AvgIpc) is 3.53. The van der Waals surface area contributed by atoms with Crippen molar-refractivity contribution in [3.05, 3.63) is 41.6 Å². The molecule has 1 saturated carbocycles. The Hall–Kier alpha value is -2.77. The van der Waals surface area contributed by atoms with Crippen LogP contribution in [-0.4, -0.2) is 77.6 Å². The van der Waals surface area contributed by atoms with E-state index in [0.29, 0.717) is 23.8 Å². The van der Waals surface area contributed by atoms with E-state index in [4.69, 9.17) is 16.1 Å². The molecule has 1 aromatic rings. The molecule has 34 heavy (non-hydrogen) atoms. The van der Waals surface area contributed by atoms with Crippen molar-refractivity contribution < 1.29 is 23.5 Å². The lowest BCUT2D eigenvalue weighted by molar-refractivity contribution is -0.124. The molecule has 0 unspecified atom stereocenters. The predicted molar refractivity (Wildman–Crippen MR) is 122 cm³/mol. The molecule has 0 bridgehead atoms. The molecule has 3 fully saturated rings. The topological polar surface area (TPSA) is 120 Å². The fourth-order valence-corrected chi connectivity index (χ4v) is 4.38. The fourth-order valence-electron chi connectivity index (χ4n) is 4.38. The molecule has 2 aliphatic heterocycles. The van der Waals surface area contributed by atoms with Gasteiger partial charge < -0.3 is 26.0 Å². The second kappa shape index (κ2) is 10.2. The monoisotopic (exact) mass is 476 g/mol. The number of carbonyl (C=O) groups excluding carboxylic acids is 1. The smallest absolute Gasteiger partial charge is 0.407 e. The zero-order valence-corrected chi connectivity index (χ0v) is 19.4. The number of nitriles is 1.